The maximum atomic E-state index is 12.8. The Kier molecular flexibility index (Phi) is 4.04. The maximum absolute atomic E-state index is 12.8. The van der Waals surface area contributed by atoms with Crippen molar-refractivity contribution in [3.8, 4) is 0 Å². The number of benzene rings is 1. The summed E-state index contributed by atoms with van der Waals surface area (Å²) < 4.78 is 0. The lowest BCUT2D eigenvalue weighted by atomic mass is 9.84. The second-order valence-electron chi connectivity index (χ2n) is 6.78. The van der Waals surface area contributed by atoms with E-state index in [0.717, 1.165) is 5.57 Å². The molecule has 0 unspecified atom stereocenters. The molecule has 1 fully saturated rings. The third-order valence-electron chi connectivity index (χ3n) is 4.10. The monoisotopic (exact) mass is 285 g/mol. The fourth-order valence-electron chi connectivity index (χ4n) is 2.85. The largest absolute Gasteiger partial charge is 0.337 e. The Balaban J connectivity index is 2.38. The smallest absolute Gasteiger partial charge is 0.234 e. The van der Waals surface area contributed by atoms with E-state index in [4.69, 9.17) is 0 Å². The van der Waals surface area contributed by atoms with Gasteiger partial charge in [0.25, 0.3) is 0 Å². The number of amides is 1. The van der Waals surface area contributed by atoms with E-state index in [1.54, 1.807) is 17.0 Å². The predicted molar refractivity (Wildman–Crippen MR) is 84.0 cm³/mol. The van der Waals surface area contributed by atoms with Gasteiger partial charge in [-0.1, -0.05) is 42.5 Å². The van der Waals surface area contributed by atoms with E-state index in [2.05, 4.69) is 6.58 Å². The first kappa shape index (κ1) is 15.5. The summed E-state index contributed by atoms with van der Waals surface area (Å²) in [4.78, 5) is 27.3. The summed E-state index contributed by atoms with van der Waals surface area (Å²) in [6.45, 7) is 12.4. The maximum Gasteiger partial charge on any atom is 0.234 e. The lowest BCUT2D eigenvalue weighted by molar-refractivity contribution is -0.133. The summed E-state index contributed by atoms with van der Waals surface area (Å²) >= 11 is 0. The minimum Gasteiger partial charge on any atom is -0.337 e. The molecule has 1 aliphatic rings. The lowest BCUT2D eigenvalue weighted by Gasteiger charge is -2.32. The fraction of sp³-hybridized carbons (Fsp3) is 0.444. The van der Waals surface area contributed by atoms with Crippen LogP contribution in [0, 0.1) is 11.8 Å². The molecule has 1 saturated heterocycles. The van der Waals surface area contributed by atoms with Crippen molar-refractivity contribution in [1.82, 2.24) is 4.90 Å². The number of carbonyl (C=O) groups is 2. The molecule has 0 bridgehead atoms. The zero-order valence-corrected chi connectivity index (χ0v) is 13.2. The first-order chi connectivity index (χ1) is 9.73. The number of hydrogen-bond donors (Lipinski definition) is 0. The molecule has 0 aliphatic carbocycles. The molecule has 0 spiro atoms. The van der Waals surface area contributed by atoms with E-state index < -0.39 is 5.92 Å². The molecular weight excluding hydrogens is 262 g/mol. The van der Waals surface area contributed by atoms with Gasteiger partial charge in [-0.2, -0.15) is 0 Å². The topological polar surface area (TPSA) is 37.4 Å². The normalized spacial score (nSPS) is 22.5. The first-order valence-electron chi connectivity index (χ1n) is 7.29. The zero-order valence-electron chi connectivity index (χ0n) is 13.2. The van der Waals surface area contributed by atoms with Crippen molar-refractivity contribution < 1.29 is 9.59 Å². The fourth-order valence-corrected chi connectivity index (χ4v) is 2.85. The van der Waals surface area contributed by atoms with Gasteiger partial charge in [-0.05, 0) is 27.7 Å². The number of hydrogen-bond acceptors (Lipinski definition) is 2. The van der Waals surface area contributed by atoms with Crippen LogP contribution in [0.5, 0.6) is 0 Å². The Morgan fingerprint density at radius 1 is 1.24 bits per heavy atom. The predicted octanol–water partition coefficient (Wildman–Crippen LogP) is 3.32. The molecule has 1 aromatic rings. The summed E-state index contributed by atoms with van der Waals surface area (Å²) in [6.07, 6.45) is 0. The number of rotatable bonds is 3. The Morgan fingerprint density at radius 3 is 2.29 bits per heavy atom. The zero-order chi connectivity index (χ0) is 15.8. The van der Waals surface area contributed by atoms with E-state index in [0.29, 0.717) is 12.1 Å². The van der Waals surface area contributed by atoms with Crippen LogP contribution in [0.4, 0.5) is 0 Å². The summed E-state index contributed by atoms with van der Waals surface area (Å²) in [5, 5.41) is 0. The van der Waals surface area contributed by atoms with Crippen molar-refractivity contribution in [2.45, 2.75) is 33.2 Å². The first-order valence-corrected chi connectivity index (χ1v) is 7.29. The number of nitrogens with zero attached hydrogens (tertiary/aromatic N) is 1. The molecule has 2 rings (SSSR count). The van der Waals surface area contributed by atoms with E-state index in [1.807, 2.05) is 45.9 Å². The number of likely N-dealkylation sites (tertiary alicyclic amines) is 1. The van der Waals surface area contributed by atoms with Gasteiger partial charge < -0.3 is 4.90 Å². The van der Waals surface area contributed by atoms with E-state index in [-0.39, 0.29) is 23.1 Å². The highest BCUT2D eigenvalue weighted by Crippen LogP contribution is 2.36. The van der Waals surface area contributed by atoms with Crippen molar-refractivity contribution in [1.29, 1.82) is 0 Å². The molecule has 0 radical (unpaired) electrons. The van der Waals surface area contributed by atoms with E-state index >= 15 is 0 Å². The molecule has 112 valence electrons. The van der Waals surface area contributed by atoms with Crippen LogP contribution in [0.15, 0.2) is 42.5 Å². The van der Waals surface area contributed by atoms with Gasteiger partial charge in [0.2, 0.25) is 5.91 Å². The molecule has 1 aliphatic heterocycles. The van der Waals surface area contributed by atoms with Crippen LogP contribution in [0.3, 0.4) is 0 Å². The molecule has 3 nitrogen and oxygen atoms in total. The van der Waals surface area contributed by atoms with Crippen molar-refractivity contribution >= 4 is 11.7 Å². The highest BCUT2D eigenvalue weighted by Gasteiger charge is 2.48. The van der Waals surface area contributed by atoms with Crippen LogP contribution in [-0.4, -0.2) is 28.7 Å². The minimum absolute atomic E-state index is 0.0793. The molecular formula is C18H23NO2. The van der Waals surface area contributed by atoms with Gasteiger partial charge in [-0.15, -0.1) is 0 Å². The van der Waals surface area contributed by atoms with Crippen LogP contribution in [0.2, 0.25) is 0 Å². The van der Waals surface area contributed by atoms with Crippen molar-refractivity contribution in [3.63, 3.8) is 0 Å². The number of Topliss-reactive ketones (excluding diaryl/α,β-unsaturated/α-hetero) is 1. The third kappa shape index (κ3) is 2.92. The average Bonchev–Trinajstić information content (AvgIpc) is 2.76. The van der Waals surface area contributed by atoms with Gasteiger partial charge in [-0.25, -0.2) is 0 Å². The van der Waals surface area contributed by atoms with Crippen molar-refractivity contribution in [2.75, 3.05) is 6.54 Å². The summed E-state index contributed by atoms with van der Waals surface area (Å²) in [5.74, 6) is -0.918. The molecule has 3 heteroatoms. The Morgan fingerprint density at radius 2 is 1.81 bits per heavy atom. The third-order valence-corrected chi connectivity index (χ3v) is 4.10. The van der Waals surface area contributed by atoms with Gasteiger partial charge in [-0.3, -0.25) is 9.59 Å². The average molecular weight is 285 g/mol. The SMILES string of the molecule is C=C(C)[C@H]1CN(C(C)(C)C)C(=O)[C@@H]1C(=O)c1ccccc1. The van der Waals surface area contributed by atoms with Crippen LogP contribution in [-0.2, 0) is 4.79 Å². The summed E-state index contributed by atoms with van der Waals surface area (Å²) in [5.41, 5.74) is 1.21. The Labute approximate surface area is 126 Å². The molecule has 1 amide bonds. The standard InChI is InChI=1S/C18H23NO2/c1-12(2)14-11-19(18(3,4)5)17(21)15(14)16(20)13-9-7-6-8-10-13/h6-10,14-15H,1,11H2,2-5H3/t14-,15+/m1/s1. The summed E-state index contributed by atoms with van der Waals surface area (Å²) in [7, 11) is 0. The minimum atomic E-state index is -0.635. The van der Waals surface area contributed by atoms with Crippen LogP contribution in [0.25, 0.3) is 0 Å². The highest BCUT2D eigenvalue weighted by molar-refractivity contribution is 6.11. The van der Waals surface area contributed by atoms with Crippen LogP contribution < -0.4 is 0 Å². The van der Waals surface area contributed by atoms with Crippen LogP contribution >= 0.6 is 0 Å². The van der Waals surface area contributed by atoms with Gasteiger partial charge in [0.05, 0.1) is 0 Å². The van der Waals surface area contributed by atoms with Crippen molar-refractivity contribution in [2.24, 2.45) is 11.8 Å². The van der Waals surface area contributed by atoms with Gasteiger partial charge in [0, 0.05) is 23.6 Å². The van der Waals surface area contributed by atoms with E-state index in [1.165, 1.54) is 0 Å². The molecule has 0 aromatic heterocycles. The molecule has 2 atom stereocenters. The quantitative estimate of drug-likeness (QED) is 0.485. The molecule has 0 N–H and O–H groups in total. The van der Waals surface area contributed by atoms with Gasteiger partial charge >= 0.3 is 0 Å². The highest BCUT2D eigenvalue weighted by atomic mass is 16.2. The van der Waals surface area contributed by atoms with Crippen LogP contribution in [0.1, 0.15) is 38.1 Å². The van der Waals surface area contributed by atoms with Gasteiger partial charge in [0.1, 0.15) is 5.92 Å². The Hall–Kier alpha value is -1.90. The van der Waals surface area contributed by atoms with Crippen molar-refractivity contribution in [3.05, 3.63) is 48.0 Å². The molecule has 21 heavy (non-hydrogen) atoms. The molecule has 1 aromatic carbocycles. The Bertz CT molecular complexity index is 569. The molecule has 0 saturated carbocycles. The molecule has 1 heterocycles. The number of carbonyl (C=O) groups excluding carboxylic acids is 2. The van der Waals surface area contributed by atoms with E-state index in [9.17, 15) is 9.59 Å². The summed E-state index contributed by atoms with van der Waals surface area (Å²) in [6, 6.07) is 9.05. The second-order valence-corrected chi connectivity index (χ2v) is 6.78. The second kappa shape index (κ2) is 5.47. The van der Waals surface area contributed by atoms with Gasteiger partial charge in [0.15, 0.2) is 5.78 Å². The lowest BCUT2D eigenvalue weighted by Crippen LogP contribution is -2.43. The number of ketones is 1.